The molecule has 1 heterocycles. The molecule has 0 aliphatic carbocycles. The van der Waals surface area contributed by atoms with Gasteiger partial charge in [-0.25, -0.2) is 0 Å². The number of hydrogen-bond donors (Lipinski definition) is 0. The average Bonchev–Trinajstić information content (AvgIpc) is 2.67. The standard InChI is InChI=1S/C21H26N2O2.ClH/c1-22-14-12-18(13-15-22)23(2)21(24)16-25-20-11-7-6-10-19(20)17-8-4-3-5-9-17;/h3-11,18H,12-16H2,1-2H3;1H/p-1. The minimum Gasteiger partial charge on any atom is -1.00 e. The van der Waals surface area contributed by atoms with E-state index in [1.807, 2.05) is 54.4 Å². The van der Waals surface area contributed by atoms with Crippen molar-refractivity contribution >= 4 is 5.91 Å². The molecule has 0 atom stereocenters. The van der Waals surface area contributed by atoms with E-state index in [1.165, 1.54) is 0 Å². The summed E-state index contributed by atoms with van der Waals surface area (Å²) in [5.41, 5.74) is 2.10. The molecule has 0 spiro atoms. The molecule has 140 valence electrons. The number of piperidine rings is 1. The third-order valence-corrected chi connectivity index (χ3v) is 4.95. The first-order valence-corrected chi connectivity index (χ1v) is 8.86. The average molecular weight is 374 g/mol. The van der Waals surface area contributed by atoms with Gasteiger partial charge in [-0.05, 0) is 44.6 Å². The molecule has 0 unspecified atom stereocenters. The monoisotopic (exact) mass is 373 g/mol. The maximum Gasteiger partial charge on any atom is 0.260 e. The van der Waals surface area contributed by atoms with Crippen molar-refractivity contribution in [1.29, 1.82) is 0 Å². The second kappa shape index (κ2) is 9.60. The fourth-order valence-corrected chi connectivity index (χ4v) is 3.28. The van der Waals surface area contributed by atoms with Crippen molar-refractivity contribution in [2.24, 2.45) is 0 Å². The molecule has 2 aromatic carbocycles. The summed E-state index contributed by atoms with van der Waals surface area (Å²) >= 11 is 0. The Kier molecular flexibility index (Phi) is 7.49. The Hall–Kier alpha value is -2.04. The van der Waals surface area contributed by atoms with Crippen molar-refractivity contribution in [1.82, 2.24) is 9.80 Å². The number of carbonyl (C=O) groups excluding carboxylic acids is 1. The quantitative estimate of drug-likeness (QED) is 0.755. The molecule has 1 aliphatic heterocycles. The van der Waals surface area contributed by atoms with Gasteiger partial charge < -0.3 is 26.9 Å². The van der Waals surface area contributed by atoms with E-state index in [0.29, 0.717) is 6.04 Å². The van der Waals surface area contributed by atoms with E-state index in [-0.39, 0.29) is 24.9 Å². The van der Waals surface area contributed by atoms with Gasteiger partial charge in [0.2, 0.25) is 0 Å². The van der Waals surface area contributed by atoms with Crippen LogP contribution in [0.15, 0.2) is 54.6 Å². The summed E-state index contributed by atoms with van der Waals surface area (Å²) in [5, 5.41) is 0. The van der Waals surface area contributed by atoms with Crippen LogP contribution in [0, 0.1) is 0 Å². The molecule has 26 heavy (non-hydrogen) atoms. The zero-order chi connectivity index (χ0) is 17.6. The number of nitrogens with zero attached hydrogens (tertiary/aromatic N) is 2. The van der Waals surface area contributed by atoms with Gasteiger partial charge in [-0.1, -0.05) is 48.5 Å². The van der Waals surface area contributed by atoms with E-state index in [1.54, 1.807) is 0 Å². The highest BCUT2D eigenvalue weighted by atomic mass is 35.5. The summed E-state index contributed by atoms with van der Waals surface area (Å²) in [6.45, 7) is 2.16. The van der Waals surface area contributed by atoms with Crippen LogP contribution >= 0.6 is 0 Å². The normalized spacial score (nSPS) is 15.2. The summed E-state index contributed by atoms with van der Waals surface area (Å²) in [4.78, 5) is 16.7. The Morgan fingerprint density at radius 1 is 1.08 bits per heavy atom. The van der Waals surface area contributed by atoms with Crippen molar-refractivity contribution in [3.05, 3.63) is 54.6 Å². The lowest BCUT2D eigenvalue weighted by atomic mass is 10.0. The summed E-state index contributed by atoms with van der Waals surface area (Å²) in [6.07, 6.45) is 2.05. The minimum atomic E-state index is 0. The fraction of sp³-hybridized carbons (Fsp3) is 0.381. The Bertz CT molecular complexity index is 700. The van der Waals surface area contributed by atoms with Crippen LogP contribution in [0.4, 0.5) is 0 Å². The summed E-state index contributed by atoms with van der Waals surface area (Å²) in [5.74, 6) is 0.788. The summed E-state index contributed by atoms with van der Waals surface area (Å²) in [7, 11) is 4.02. The van der Waals surface area contributed by atoms with Crippen LogP contribution in [0.2, 0.25) is 0 Å². The second-order valence-corrected chi connectivity index (χ2v) is 6.69. The van der Waals surface area contributed by atoms with Gasteiger partial charge >= 0.3 is 0 Å². The first-order valence-electron chi connectivity index (χ1n) is 8.86. The highest BCUT2D eigenvalue weighted by molar-refractivity contribution is 5.78. The van der Waals surface area contributed by atoms with Crippen molar-refractivity contribution < 1.29 is 21.9 Å². The van der Waals surface area contributed by atoms with Crippen LogP contribution in [0.5, 0.6) is 5.75 Å². The number of hydrogen-bond acceptors (Lipinski definition) is 3. The zero-order valence-corrected chi connectivity index (χ0v) is 16.2. The number of likely N-dealkylation sites (N-methyl/N-ethyl adjacent to an activating group) is 1. The number of ether oxygens (including phenoxy) is 1. The molecule has 4 nitrogen and oxygen atoms in total. The van der Waals surface area contributed by atoms with Gasteiger partial charge in [0, 0.05) is 18.7 Å². The zero-order valence-electron chi connectivity index (χ0n) is 15.4. The lowest BCUT2D eigenvalue weighted by Crippen LogP contribution is -3.00. The molecular formula is C21H26ClN2O2-. The van der Waals surface area contributed by atoms with E-state index in [2.05, 4.69) is 24.1 Å². The van der Waals surface area contributed by atoms with Gasteiger partial charge in [-0.15, -0.1) is 0 Å². The van der Waals surface area contributed by atoms with Crippen molar-refractivity contribution in [3.8, 4) is 16.9 Å². The molecule has 1 saturated heterocycles. The number of carbonyl (C=O) groups is 1. The number of rotatable bonds is 5. The van der Waals surface area contributed by atoms with Crippen molar-refractivity contribution in [2.45, 2.75) is 18.9 Å². The van der Waals surface area contributed by atoms with E-state index in [0.717, 1.165) is 42.8 Å². The van der Waals surface area contributed by atoms with E-state index in [9.17, 15) is 4.79 Å². The topological polar surface area (TPSA) is 32.8 Å². The molecule has 1 aliphatic rings. The lowest BCUT2D eigenvalue weighted by molar-refractivity contribution is -0.134. The smallest absolute Gasteiger partial charge is 0.260 e. The summed E-state index contributed by atoms with van der Waals surface area (Å²) < 4.78 is 5.88. The molecule has 3 rings (SSSR count). The Balaban J connectivity index is 0.00000243. The number of benzene rings is 2. The molecule has 1 fully saturated rings. The van der Waals surface area contributed by atoms with Crippen LogP contribution < -0.4 is 17.1 Å². The van der Waals surface area contributed by atoms with Gasteiger partial charge in [0.25, 0.3) is 5.91 Å². The van der Waals surface area contributed by atoms with Crippen LogP contribution in [0.3, 0.4) is 0 Å². The van der Waals surface area contributed by atoms with Crippen LogP contribution in [0.1, 0.15) is 12.8 Å². The minimum absolute atomic E-state index is 0. The predicted molar refractivity (Wildman–Crippen MR) is 101 cm³/mol. The maximum atomic E-state index is 12.5. The van der Waals surface area contributed by atoms with Crippen molar-refractivity contribution in [2.75, 3.05) is 33.8 Å². The third kappa shape index (κ3) is 4.99. The molecular weight excluding hydrogens is 348 g/mol. The summed E-state index contributed by atoms with van der Waals surface area (Å²) in [6, 6.07) is 18.3. The number of likely N-dealkylation sites (tertiary alicyclic amines) is 1. The largest absolute Gasteiger partial charge is 1.00 e. The third-order valence-electron chi connectivity index (χ3n) is 4.95. The number of halogens is 1. The Morgan fingerprint density at radius 3 is 2.38 bits per heavy atom. The second-order valence-electron chi connectivity index (χ2n) is 6.69. The molecule has 0 aromatic heterocycles. The molecule has 0 N–H and O–H groups in total. The van der Waals surface area contributed by atoms with Crippen LogP contribution in [-0.4, -0.2) is 55.5 Å². The predicted octanol–water partition coefficient (Wildman–Crippen LogP) is 0.289. The van der Waals surface area contributed by atoms with Crippen molar-refractivity contribution in [3.63, 3.8) is 0 Å². The highest BCUT2D eigenvalue weighted by Crippen LogP contribution is 2.29. The van der Waals surface area contributed by atoms with Gasteiger partial charge in [-0.2, -0.15) is 0 Å². The van der Waals surface area contributed by atoms with Gasteiger partial charge in [0.05, 0.1) is 0 Å². The Labute approximate surface area is 162 Å². The van der Waals surface area contributed by atoms with E-state index >= 15 is 0 Å². The van der Waals surface area contributed by atoms with Gasteiger partial charge in [-0.3, -0.25) is 4.79 Å². The van der Waals surface area contributed by atoms with E-state index in [4.69, 9.17) is 4.74 Å². The van der Waals surface area contributed by atoms with Crippen LogP contribution in [-0.2, 0) is 4.79 Å². The highest BCUT2D eigenvalue weighted by Gasteiger charge is 2.24. The SMILES string of the molecule is CN1CCC(N(C)C(=O)COc2ccccc2-c2ccccc2)CC1.[Cl-]. The first-order chi connectivity index (χ1) is 12.1. The molecule has 1 amide bonds. The molecule has 0 bridgehead atoms. The van der Waals surface area contributed by atoms with Crippen LogP contribution in [0.25, 0.3) is 11.1 Å². The molecule has 0 radical (unpaired) electrons. The number of para-hydroxylation sites is 1. The molecule has 0 saturated carbocycles. The maximum absolute atomic E-state index is 12.5. The van der Waals surface area contributed by atoms with E-state index < -0.39 is 0 Å². The number of amides is 1. The molecule has 5 heteroatoms. The van der Waals surface area contributed by atoms with Gasteiger partial charge in [0.15, 0.2) is 6.61 Å². The fourth-order valence-electron chi connectivity index (χ4n) is 3.28. The Morgan fingerprint density at radius 2 is 1.69 bits per heavy atom. The lowest BCUT2D eigenvalue weighted by Gasteiger charge is -2.35. The molecule has 2 aromatic rings. The first kappa shape index (κ1) is 20.3. The van der Waals surface area contributed by atoms with Gasteiger partial charge in [0.1, 0.15) is 5.75 Å².